The lowest BCUT2D eigenvalue weighted by atomic mass is 9.91. The minimum absolute atomic E-state index is 0.0577. The van der Waals surface area contributed by atoms with Crippen molar-refractivity contribution >= 4 is 11.9 Å². The first-order valence-electron chi connectivity index (χ1n) is 11.1. The lowest BCUT2D eigenvalue weighted by Crippen LogP contribution is -2.37. The van der Waals surface area contributed by atoms with Gasteiger partial charge in [0, 0.05) is 49.8 Å². The highest BCUT2D eigenvalue weighted by atomic mass is 19.4. The van der Waals surface area contributed by atoms with Gasteiger partial charge in [0.15, 0.2) is 0 Å². The monoisotopic (exact) mass is 571 g/mol. The number of aromatic nitrogens is 2. The molecule has 0 saturated carbocycles. The summed E-state index contributed by atoms with van der Waals surface area (Å²) in [5.74, 6) is -4.85. The van der Waals surface area contributed by atoms with Crippen LogP contribution in [0.15, 0.2) is 35.3 Å². The highest BCUT2D eigenvalue weighted by molar-refractivity contribution is 5.73. The number of fused-ring (bicyclic) bond motifs is 1. The van der Waals surface area contributed by atoms with Crippen molar-refractivity contribution in [1.29, 1.82) is 0 Å². The fourth-order valence-corrected chi connectivity index (χ4v) is 3.42. The molecular formula is C23H27F6N3O7. The molecule has 0 bridgehead atoms. The molecule has 1 unspecified atom stereocenters. The number of aliphatic carboxylic acids is 2. The molecule has 3 N–H and O–H groups in total. The topological polar surface area (TPSA) is 140 Å². The molecule has 0 aromatic carbocycles. The molecule has 2 heterocycles. The number of ether oxygens (including phenoxy) is 2. The Hall–Kier alpha value is -3.66. The zero-order valence-electron chi connectivity index (χ0n) is 20.8. The minimum atomic E-state index is -5.08. The summed E-state index contributed by atoms with van der Waals surface area (Å²) in [4.78, 5) is 34.2. The number of hydrogen-bond donors (Lipinski definition) is 3. The molecule has 1 aliphatic carbocycles. The van der Waals surface area contributed by atoms with Crippen molar-refractivity contribution in [3.63, 3.8) is 0 Å². The van der Waals surface area contributed by atoms with Crippen LogP contribution in [0.3, 0.4) is 0 Å². The SMILES string of the molecule is COCCn1c2c(ccc1=O)CC(NCc1cccnc1OC)CC2.O=C(O)C(F)(F)F.O=C(O)C(F)(F)F. The number of rotatable bonds is 7. The molecule has 16 heteroatoms. The van der Waals surface area contributed by atoms with Gasteiger partial charge in [0.2, 0.25) is 5.88 Å². The Bertz CT molecular complexity index is 1130. The summed E-state index contributed by atoms with van der Waals surface area (Å²) in [5.41, 5.74) is 3.52. The van der Waals surface area contributed by atoms with Gasteiger partial charge >= 0.3 is 24.3 Å². The van der Waals surface area contributed by atoms with E-state index in [0.29, 0.717) is 25.1 Å². The number of carboxylic acids is 2. The van der Waals surface area contributed by atoms with E-state index in [0.717, 1.165) is 37.1 Å². The van der Waals surface area contributed by atoms with E-state index in [1.807, 2.05) is 22.8 Å². The van der Waals surface area contributed by atoms with E-state index in [2.05, 4.69) is 10.3 Å². The fraction of sp³-hybridized carbons (Fsp3) is 0.478. The number of pyridine rings is 2. The Labute approximate surface area is 218 Å². The summed E-state index contributed by atoms with van der Waals surface area (Å²) >= 11 is 0. The molecule has 2 aromatic heterocycles. The zero-order valence-corrected chi connectivity index (χ0v) is 20.8. The standard InChI is InChI=1S/C19H25N3O3.2C2HF3O2/c1-24-11-10-22-17-7-6-16(12-14(17)5-8-18(22)23)21-13-15-4-3-9-20-19(15)25-2;2*3-2(4,5)1(6)7/h3-5,8-9,16,21H,6-7,10-13H2,1-2H3;2*(H,6,7). The van der Waals surface area contributed by atoms with E-state index in [-0.39, 0.29) is 5.56 Å². The molecule has 3 rings (SSSR count). The fourth-order valence-electron chi connectivity index (χ4n) is 3.42. The van der Waals surface area contributed by atoms with Crippen LogP contribution in [0, 0.1) is 0 Å². The number of hydrogen-bond acceptors (Lipinski definition) is 7. The second-order valence-corrected chi connectivity index (χ2v) is 7.89. The second kappa shape index (κ2) is 15.1. The Morgan fingerprint density at radius 2 is 1.67 bits per heavy atom. The van der Waals surface area contributed by atoms with Crippen molar-refractivity contribution in [1.82, 2.24) is 14.9 Å². The number of methoxy groups -OCH3 is 2. The van der Waals surface area contributed by atoms with Gasteiger partial charge in [-0.3, -0.25) is 4.79 Å². The van der Waals surface area contributed by atoms with E-state index < -0.39 is 24.3 Å². The molecule has 0 spiro atoms. The van der Waals surface area contributed by atoms with Gasteiger partial charge in [0.25, 0.3) is 5.56 Å². The van der Waals surface area contributed by atoms with E-state index in [9.17, 15) is 31.1 Å². The van der Waals surface area contributed by atoms with Crippen LogP contribution in [-0.4, -0.2) is 70.9 Å². The predicted octanol–water partition coefficient (Wildman–Crippen LogP) is 2.81. The zero-order chi connectivity index (χ0) is 29.8. The van der Waals surface area contributed by atoms with Crippen LogP contribution < -0.4 is 15.6 Å². The Morgan fingerprint density at radius 1 is 1.08 bits per heavy atom. The van der Waals surface area contributed by atoms with Gasteiger partial charge in [-0.15, -0.1) is 0 Å². The normalized spacial score (nSPS) is 14.6. The molecule has 0 saturated heterocycles. The number of nitrogens with one attached hydrogen (secondary N) is 1. The molecule has 10 nitrogen and oxygen atoms in total. The molecule has 1 atom stereocenters. The number of carboxylic acid groups (broad SMARTS) is 2. The Balaban J connectivity index is 0.000000449. The molecule has 218 valence electrons. The lowest BCUT2D eigenvalue weighted by Gasteiger charge is -2.28. The van der Waals surface area contributed by atoms with Crippen LogP contribution in [0.25, 0.3) is 0 Å². The van der Waals surface area contributed by atoms with Crippen LogP contribution in [0.5, 0.6) is 5.88 Å². The molecule has 0 fully saturated rings. The van der Waals surface area contributed by atoms with E-state index >= 15 is 0 Å². The molecular weight excluding hydrogens is 544 g/mol. The summed E-state index contributed by atoms with van der Waals surface area (Å²) in [6.07, 6.45) is -5.60. The quantitative estimate of drug-likeness (QED) is 0.428. The third-order valence-corrected chi connectivity index (χ3v) is 5.21. The number of alkyl halides is 6. The summed E-state index contributed by atoms with van der Waals surface area (Å²) in [7, 11) is 3.30. The third-order valence-electron chi connectivity index (χ3n) is 5.21. The van der Waals surface area contributed by atoms with Crippen molar-refractivity contribution < 1.29 is 55.6 Å². The second-order valence-electron chi connectivity index (χ2n) is 7.89. The first-order valence-corrected chi connectivity index (χ1v) is 11.1. The van der Waals surface area contributed by atoms with Crippen LogP contribution >= 0.6 is 0 Å². The average Bonchev–Trinajstić information content (AvgIpc) is 2.86. The maximum Gasteiger partial charge on any atom is 0.490 e. The van der Waals surface area contributed by atoms with E-state index in [1.54, 1.807) is 26.5 Å². The van der Waals surface area contributed by atoms with Crippen LogP contribution in [0.2, 0.25) is 0 Å². The number of carbonyl (C=O) groups is 2. The number of nitrogens with zero attached hydrogens (tertiary/aromatic N) is 2. The molecule has 1 aliphatic rings. The molecule has 0 amide bonds. The van der Waals surface area contributed by atoms with Crippen molar-refractivity contribution in [3.8, 4) is 5.88 Å². The maximum absolute atomic E-state index is 12.1. The first kappa shape index (κ1) is 33.4. The van der Waals surface area contributed by atoms with Gasteiger partial charge in [-0.25, -0.2) is 14.6 Å². The average molecular weight is 571 g/mol. The largest absolute Gasteiger partial charge is 0.490 e. The van der Waals surface area contributed by atoms with Crippen molar-refractivity contribution in [2.75, 3.05) is 20.8 Å². The molecule has 2 aromatic rings. The lowest BCUT2D eigenvalue weighted by molar-refractivity contribution is -0.193. The summed E-state index contributed by atoms with van der Waals surface area (Å²) in [6.45, 7) is 1.89. The molecule has 39 heavy (non-hydrogen) atoms. The Morgan fingerprint density at radius 3 is 2.18 bits per heavy atom. The van der Waals surface area contributed by atoms with Gasteiger partial charge in [0.1, 0.15) is 0 Å². The Kier molecular flexibility index (Phi) is 12.9. The van der Waals surface area contributed by atoms with Crippen molar-refractivity contribution in [2.45, 2.75) is 50.7 Å². The van der Waals surface area contributed by atoms with Gasteiger partial charge in [-0.1, -0.05) is 12.1 Å². The molecule has 0 aliphatic heterocycles. The smallest absolute Gasteiger partial charge is 0.481 e. The highest BCUT2D eigenvalue weighted by Gasteiger charge is 2.38. The predicted molar refractivity (Wildman–Crippen MR) is 123 cm³/mol. The summed E-state index contributed by atoms with van der Waals surface area (Å²) < 4.78 is 75.8. The van der Waals surface area contributed by atoms with Crippen LogP contribution in [0.1, 0.15) is 23.2 Å². The van der Waals surface area contributed by atoms with E-state index in [1.165, 1.54) is 5.56 Å². The van der Waals surface area contributed by atoms with Gasteiger partial charge in [-0.05, 0) is 30.9 Å². The van der Waals surface area contributed by atoms with Gasteiger partial charge in [0.05, 0.1) is 13.7 Å². The maximum atomic E-state index is 12.1. The van der Waals surface area contributed by atoms with E-state index in [4.69, 9.17) is 29.3 Å². The number of halogens is 6. The van der Waals surface area contributed by atoms with Crippen molar-refractivity contribution in [2.24, 2.45) is 0 Å². The highest BCUT2D eigenvalue weighted by Crippen LogP contribution is 2.21. The summed E-state index contributed by atoms with van der Waals surface area (Å²) in [5, 5.41) is 17.8. The first-order chi connectivity index (χ1) is 18.1. The van der Waals surface area contributed by atoms with Gasteiger partial charge < -0.3 is 29.6 Å². The van der Waals surface area contributed by atoms with Crippen LogP contribution in [0.4, 0.5) is 26.3 Å². The molecule has 0 radical (unpaired) electrons. The minimum Gasteiger partial charge on any atom is -0.481 e. The third kappa shape index (κ3) is 11.3. The van der Waals surface area contributed by atoms with Gasteiger partial charge in [-0.2, -0.15) is 26.3 Å². The summed E-state index contributed by atoms with van der Waals surface area (Å²) in [6, 6.07) is 7.97. The van der Waals surface area contributed by atoms with Crippen molar-refractivity contribution in [3.05, 3.63) is 57.6 Å². The van der Waals surface area contributed by atoms with Crippen LogP contribution in [-0.2, 0) is 40.3 Å².